The van der Waals surface area contributed by atoms with Gasteiger partial charge in [0.05, 0.1) is 5.56 Å². The minimum absolute atomic E-state index is 0.0785. The molecule has 0 atom stereocenters. The Labute approximate surface area is 216 Å². The first-order valence-electron chi connectivity index (χ1n) is 11.7. The second-order valence-corrected chi connectivity index (χ2v) is 10.9. The lowest BCUT2D eigenvalue weighted by Crippen LogP contribution is -2.49. The van der Waals surface area contributed by atoms with Crippen molar-refractivity contribution >= 4 is 32.5 Å². The van der Waals surface area contributed by atoms with Crippen molar-refractivity contribution in [1.82, 2.24) is 24.4 Å². The number of fused-ring (bicyclic) bond motifs is 1. The normalized spacial score (nSPS) is 14.7. The minimum atomic E-state index is -4.57. The molecule has 1 amide bonds. The van der Waals surface area contributed by atoms with Crippen molar-refractivity contribution in [3.8, 4) is 11.1 Å². The molecule has 0 N–H and O–H groups in total. The fourth-order valence-corrected chi connectivity index (χ4v) is 4.94. The van der Waals surface area contributed by atoms with Crippen molar-refractivity contribution in [1.29, 1.82) is 0 Å². The summed E-state index contributed by atoms with van der Waals surface area (Å²) in [5.41, 5.74) is 0.873. The standard InChI is InChI=1S/C25H23F3N6O3S/c1-38(36,37)24-30-14-18(15-31-24)20-13-19(25(26,27)28)4-5-21(20)32-9-11-33(12-10-32)22(35)16-34-8-6-17-3-2-7-29-23(17)34/h2-8,13-15H,9-12,16H2,1H3. The Morgan fingerprint density at radius 3 is 2.37 bits per heavy atom. The summed E-state index contributed by atoms with van der Waals surface area (Å²) in [5.74, 6) is -0.0785. The monoisotopic (exact) mass is 544 g/mol. The number of piperazine rings is 1. The number of nitrogens with zero attached hydrogens (tertiary/aromatic N) is 6. The van der Waals surface area contributed by atoms with E-state index in [1.807, 2.05) is 29.3 Å². The number of halogens is 3. The number of pyridine rings is 1. The zero-order valence-electron chi connectivity index (χ0n) is 20.3. The first-order chi connectivity index (χ1) is 18.0. The number of carbonyl (C=O) groups is 1. The molecular weight excluding hydrogens is 521 g/mol. The van der Waals surface area contributed by atoms with Gasteiger partial charge in [-0.15, -0.1) is 0 Å². The van der Waals surface area contributed by atoms with Gasteiger partial charge in [0, 0.05) is 79.4 Å². The average molecular weight is 545 g/mol. The van der Waals surface area contributed by atoms with Gasteiger partial charge in [-0.05, 0) is 36.4 Å². The molecule has 3 aromatic heterocycles. The molecule has 1 saturated heterocycles. The van der Waals surface area contributed by atoms with E-state index in [0.29, 0.717) is 31.9 Å². The van der Waals surface area contributed by atoms with Gasteiger partial charge in [-0.1, -0.05) is 0 Å². The molecular formula is C25H23F3N6O3S. The summed E-state index contributed by atoms with van der Waals surface area (Å²) in [7, 11) is -3.67. The Morgan fingerprint density at radius 1 is 1.00 bits per heavy atom. The Balaban J connectivity index is 1.36. The van der Waals surface area contributed by atoms with Crippen LogP contribution in [0.15, 0.2) is 66.3 Å². The van der Waals surface area contributed by atoms with E-state index in [2.05, 4.69) is 15.0 Å². The summed E-state index contributed by atoms with van der Waals surface area (Å²) in [4.78, 5) is 28.6. The molecule has 9 nitrogen and oxygen atoms in total. The first-order valence-corrected chi connectivity index (χ1v) is 13.6. The molecule has 4 aromatic rings. The lowest BCUT2D eigenvalue weighted by Gasteiger charge is -2.37. The Kier molecular flexibility index (Phi) is 6.55. The Hall–Kier alpha value is -4.00. The number of amides is 1. The Morgan fingerprint density at radius 2 is 1.71 bits per heavy atom. The largest absolute Gasteiger partial charge is 0.416 e. The summed E-state index contributed by atoms with van der Waals surface area (Å²) < 4.78 is 65.7. The van der Waals surface area contributed by atoms with Gasteiger partial charge in [-0.25, -0.2) is 23.4 Å². The predicted molar refractivity (Wildman–Crippen MR) is 134 cm³/mol. The van der Waals surface area contributed by atoms with Crippen LogP contribution in [0.3, 0.4) is 0 Å². The van der Waals surface area contributed by atoms with Gasteiger partial charge in [0.25, 0.3) is 0 Å². The van der Waals surface area contributed by atoms with Crippen molar-refractivity contribution in [2.75, 3.05) is 37.3 Å². The number of aromatic nitrogens is 4. The third kappa shape index (κ3) is 5.19. The molecule has 0 bridgehead atoms. The Bertz CT molecular complexity index is 1590. The fourth-order valence-electron chi connectivity index (χ4n) is 4.46. The van der Waals surface area contributed by atoms with Crippen molar-refractivity contribution in [2.24, 2.45) is 0 Å². The van der Waals surface area contributed by atoms with E-state index in [1.54, 1.807) is 15.7 Å². The van der Waals surface area contributed by atoms with Crippen LogP contribution in [0, 0.1) is 0 Å². The van der Waals surface area contributed by atoms with Crippen LogP contribution in [-0.4, -0.2) is 71.2 Å². The highest BCUT2D eigenvalue weighted by atomic mass is 32.2. The van der Waals surface area contributed by atoms with Crippen LogP contribution >= 0.6 is 0 Å². The second kappa shape index (κ2) is 9.71. The molecule has 38 heavy (non-hydrogen) atoms. The van der Waals surface area contributed by atoms with Crippen LogP contribution in [-0.2, 0) is 27.4 Å². The van der Waals surface area contributed by atoms with E-state index in [9.17, 15) is 26.4 Å². The third-order valence-electron chi connectivity index (χ3n) is 6.40. The smallest absolute Gasteiger partial charge is 0.367 e. The topological polar surface area (TPSA) is 101 Å². The van der Waals surface area contributed by atoms with E-state index in [0.717, 1.165) is 29.4 Å². The van der Waals surface area contributed by atoms with E-state index in [4.69, 9.17) is 0 Å². The zero-order valence-corrected chi connectivity index (χ0v) is 21.1. The summed E-state index contributed by atoms with van der Waals surface area (Å²) >= 11 is 0. The second-order valence-electron chi connectivity index (χ2n) is 8.98. The van der Waals surface area contributed by atoms with Crippen molar-refractivity contribution in [3.63, 3.8) is 0 Å². The van der Waals surface area contributed by atoms with Crippen LogP contribution in [0.2, 0.25) is 0 Å². The molecule has 5 rings (SSSR count). The molecule has 0 unspecified atom stereocenters. The van der Waals surface area contributed by atoms with Crippen LogP contribution in [0.5, 0.6) is 0 Å². The first kappa shape index (κ1) is 25.6. The fraction of sp³-hybridized carbons (Fsp3) is 0.280. The van der Waals surface area contributed by atoms with Crippen LogP contribution in [0.1, 0.15) is 5.56 Å². The van der Waals surface area contributed by atoms with Gasteiger partial charge in [-0.2, -0.15) is 13.2 Å². The SMILES string of the molecule is CS(=O)(=O)c1ncc(-c2cc(C(F)(F)F)ccc2N2CCN(C(=O)Cn3ccc4cccnc43)CC2)cn1. The van der Waals surface area contributed by atoms with Crippen LogP contribution in [0.25, 0.3) is 22.2 Å². The molecule has 1 aliphatic heterocycles. The number of rotatable bonds is 5. The van der Waals surface area contributed by atoms with Crippen molar-refractivity contribution in [2.45, 2.75) is 17.9 Å². The highest BCUT2D eigenvalue weighted by molar-refractivity contribution is 7.90. The van der Waals surface area contributed by atoms with Crippen molar-refractivity contribution < 1.29 is 26.4 Å². The van der Waals surface area contributed by atoms with Gasteiger partial charge in [0.1, 0.15) is 12.2 Å². The molecule has 0 radical (unpaired) electrons. The molecule has 0 spiro atoms. The lowest BCUT2D eigenvalue weighted by atomic mass is 10.0. The highest BCUT2D eigenvalue weighted by Crippen LogP contribution is 2.37. The summed E-state index contributed by atoms with van der Waals surface area (Å²) in [6.45, 7) is 1.70. The summed E-state index contributed by atoms with van der Waals surface area (Å²) in [6.07, 6.45) is 2.29. The third-order valence-corrected chi connectivity index (χ3v) is 7.27. The van der Waals surface area contributed by atoms with E-state index in [1.165, 1.54) is 18.5 Å². The van der Waals surface area contributed by atoms with Gasteiger partial charge < -0.3 is 14.4 Å². The van der Waals surface area contributed by atoms with E-state index in [-0.39, 0.29) is 23.6 Å². The maximum absolute atomic E-state index is 13.5. The molecule has 0 aliphatic carbocycles. The van der Waals surface area contributed by atoms with Gasteiger partial charge in [-0.3, -0.25) is 4.79 Å². The number of hydrogen-bond donors (Lipinski definition) is 0. The van der Waals surface area contributed by atoms with Crippen LogP contribution in [0.4, 0.5) is 18.9 Å². The van der Waals surface area contributed by atoms with Gasteiger partial charge in [0.15, 0.2) is 0 Å². The molecule has 1 fully saturated rings. The molecule has 4 heterocycles. The molecule has 13 heteroatoms. The predicted octanol–water partition coefficient (Wildman–Crippen LogP) is 3.26. The average Bonchev–Trinajstić information content (AvgIpc) is 3.30. The molecule has 0 saturated carbocycles. The van der Waals surface area contributed by atoms with Gasteiger partial charge >= 0.3 is 6.18 Å². The number of anilines is 1. The molecule has 198 valence electrons. The molecule has 1 aliphatic rings. The summed E-state index contributed by atoms with van der Waals surface area (Å²) in [6, 6.07) is 9.05. The summed E-state index contributed by atoms with van der Waals surface area (Å²) in [5, 5.41) is 0.529. The molecule has 1 aromatic carbocycles. The number of alkyl halides is 3. The number of benzene rings is 1. The maximum Gasteiger partial charge on any atom is 0.416 e. The number of carbonyl (C=O) groups excluding carboxylic acids is 1. The lowest BCUT2D eigenvalue weighted by molar-refractivity contribution is -0.137. The van der Waals surface area contributed by atoms with Crippen molar-refractivity contribution in [3.05, 3.63) is 66.7 Å². The zero-order chi connectivity index (χ0) is 27.1. The quantitative estimate of drug-likeness (QED) is 0.356. The van der Waals surface area contributed by atoms with Gasteiger partial charge in [0.2, 0.25) is 20.9 Å². The minimum Gasteiger partial charge on any atom is -0.367 e. The maximum atomic E-state index is 13.5. The number of hydrogen-bond acceptors (Lipinski definition) is 7. The van der Waals surface area contributed by atoms with E-state index >= 15 is 0 Å². The van der Waals surface area contributed by atoms with Crippen LogP contribution < -0.4 is 4.90 Å². The number of sulfone groups is 1. The van der Waals surface area contributed by atoms with E-state index < -0.39 is 26.7 Å². The highest BCUT2D eigenvalue weighted by Gasteiger charge is 2.32.